The van der Waals surface area contributed by atoms with Crippen molar-refractivity contribution in [3.8, 4) is 0 Å². The van der Waals surface area contributed by atoms with Crippen molar-refractivity contribution in [2.24, 2.45) is 28.6 Å². The van der Waals surface area contributed by atoms with Crippen LogP contribution in [0, 0.1) is 17.8 Å². The van der Waals surface area contributed by atoms with E-state index >= 15 is 0 Å². The van der Waals surface area contributed by atoms with E-state index in [0.717, 1.165) is 19.3 Å². The number of nitrogens with zero attached hydrogens (tertiary/aromatic N) is 1. The van der Waals surface area contributed by atoms with Crippen molar-refractivity contribution >= 4 is 11.7 Å². The average Bonchev–Trinajstić information content (AvgIpc) is 2.31. The number of carbonyl (C=O) groups excluding carboxylic acids is 1. The molecule has 0 aromatic heterocycles. The van der Waals surface area contributed by atoms with E-state index in [9.17, 15) is 4.79 Å². The van der Waals surface area contributed by atoms with Gasteiger partial charge >= 0.3 is 0 Å². The predicted octanol–water partition coefficient (Wildman–Crippen LogP) is 1.70. The van der Waals surface area contributed by atoms with Crippen LogP contribution in [0.3, 0.4) is 0 Å². The van der Waals surface area contributed by atoms with Gasteiger partial charge in [-0.05, 0) is 24.7 Å². The van der Waals surface area contributed by atoms with Crippen molar-refractivity contribution in [1.82, 2.24) is 5.32 Å². The monoisotopic (exact) mass is 255 g/mol. The molecule has 0 aromatic carbocycles. The smallest absolute Gasteiger partial charge is 0.231 e. The summed E-state index contributed by atoms with van der Waals surface area (Å²) in [5.74, 6) is -0.170. The number of rotatable bonds is 4. The molecule has 0 radical (unpaired) electrons. The highest BCUT2D eigenvalue weighted by Crippen LogP contribution is 2.24. The number of amidine groups is 1. The second-order valence-electron chi connectivity index (χ2n) is 5.62. The van der Waals surface area contributed by atoms with E-state index in [1.165, 1.54) is 6.42 Å². The Morgan fingerprint density at radius 2 is 2.00 bits per heavy atom. The van der Waals surface area contributed by atoms with Gasteiger partial charge in [0, 0.05) is 6.04 Å². The fourth-order valence-electron chi connectivity index (χ4n) is 2.64. The van der Waals surface area contributed by atoms with Gasteiger partial charge in [-0.3, -0.25) is 4.79 Å². The molecule has 5 nitrogen and oxygen atoms in total. The van der Waals surface area contributed by atoms with Crippen molar-refractivity contribution in [3.05, 3.63) is 0 Å². The van der Waals surface area contributed by atoms with Crippen LogP contribution in [0.25, 0.3) is 0 Å². The SMILES string of the molecule is CC(C)C(C(=O)NC1CCCCC1C)C(N)=NO. The van der Waals surface area contributed by atoms with E-state index in [-0.39, 0.29) is 23.7 Å². The Balaban J connectivity index is 2.66. The van der Waals surface area contributed by atoms with E-state index in [0.29, 0.717) is 5.92 Å². The van der Waals surface area contributed by atoms with Gasteiger partial charge in [0.1, 0.15) is 5.92 Å². The molecule has 104 valence electrons. The summed E-state index contributed by atoms with van der Waals surface area (Å²) in [5, 5.41) is 14.8. The van der Waals surface area contributed by atoms with E-state index in [4.69, 9.17) is 10.9 Å². The molecule has 1 fully saturated rings. The van der Waals surface area contributed by atoms with Crippen LogP contribution in [-0.2, 0) is 4.79 Å². The largest absolute Gasteiger partial charge is 0.409 e. The van der Waals surface area contributed by atoms with Crippen LogP contribution in [0.2, 0.25) is 0 Å². The molecule has 0 spiro atoms. The molecule has 5 heteroatoms. The van der Waals surface area contributed by atoms with Crippen molar-refractivity contribution in [2.75, 3.05) is 0 Å². The topological polar surface area (TPSA) is 87.7 Å². The second kappa shape index (κ2) is 6.61. The summed E-state index contributed by atoms with van der Waals surface area (Å²) in [6, 6.07) is 0.221. The molecule has 0 saturated heterocycles. The van der Waals surface area contributed by atoms with Gasteiger partial charge in [-0.1, -0.05) is 38.8 Å². The maximum Gasteiger partial charge on any atom is 0.231 e. The second-order valence-corrected chi connectivity index (χ2v) is 5.62. The Morgan fingerprint density at radius 1 is 1.39 bits per heavy atom. The predicted molar refractivity (Wildman–Crippen MR) is 71.3 cm³/mol. The Bertz CT molecular complexity index is 315. The molecule has 1 amide bonds. The van der Waals surface area contributed by atoms with Crippen molar-refractivity contribution in [3.63, 3.8) is 0 Å². The highest BCUT2D eigenvalue weighted by molar-refractivity contribution is 6.02. The first kappa shape index (κ1) is 14.8. The summed E-state index contributed by atoms with van der Waals surface area (Å²) in [7, 11) is 0. The van der Waals surface area contributed by atoms with Gasteiger partial charge in [0.2, 0.25) is 5.91 Å². The molecule has 4 N–H and O–H groups in total. The number of nitrogens with two attached hydrogens (primary N) is 1. The molecule has 1 saturated carbocycles. The Kier molecular flexibility index (Phi) is 5.44. The number of carbonyl (C=O) groups is 1. The minimum atomic E-state index is -0.552. The van der Waals surface area contributed by atoms with Gasteiger partial charge in [-0.2, -0.15) is 0 Å². The first-order valence-corrected chi connectivity index (χ1v) is 6.75. The summed E-state index contributed by atoms with van der Waals surface area (Å²) < 4.78 is 0. The fourth-order valence-corrected chi connectivity index (χ4v) is 2.64. The summed E-state index contributed by atoms with van der Waals surface area (Å²) in [5.41, 5.74) is 5.60. The molecule has 0 aliphatic heterocycles. The lowest BCUT2D eigenvalue weighted by Gasteiger charge is -2.31. The van der Waals surface area contributed by atoms with Crippen LogP contribution in [0.5, 0.6) is 0 Å². The van der Waals surface area contributed by atoms with Crippen molar-refractivity contribution in [2.45, 2.75) is 52.5 Å². The number of amides is 1. The van der Waals surface area contributed by atoms with E-state index < -0.39 is 5.92 Å². The van der Waals surface area contributed by atoms with Crippen LogP contribution >= 0.6 is 0 Å². The van der Waals surface area contributed by atoms with Gasteiger partial charge in [0.15, 0.2) is 5.84 Å². The van der Waals surface area contributed by atoms with E-state index in [1.807, 2.05) is 13.8 Å². The third-order valence-corrected chi connectivity index (χ3v) is 3.82. The Morgan fingerprint density at radius 3 is 2.50 bits per heavy atom. The third-order valence-electron chi connectivity index (χ3n) is 3.82. The van der Waals surface area contributed by atoms with Gasteiger partial charge in [0.05, 0.1) is 0 Å². The van der Waals surface area contributed by atoms with Crippen LogP contribution in [0.15, 0.2) is 5.16 Å². The van der Waals surface area contributed by atoms with Crippen LogP contribution in [-0.4, -0.2) is 23.0 Å². The Hall–Kier alpha value is -1.26. The molecule has 0 aromatic rings. The minimum Gasteiger partial charge on any atom is -0.409 e. The van der Waals surface area contributed by atoms with Crippen LogP contribution in [0.4, 0.5) is 0 Å². The zero-order valence-electron chi connectivity index (χ0n) is 11.5. The first-order valence-electron chi connectivity index (χ1n) is 6.75. The minimum absolute atomic E-state index is 0.00837. The maximum absolute atomic E-state index is 12.2. The summed E-state index contributed by atoms with van der Waals surface area (Å²) >= 11 is 0. The molecular weight excluding hydrogens is 230 g/mol. The summed E-state index contributed by atoms with van der Waals surface area (Å²) in [6.07, 6.45) is 4.57. The molecule has 3 atom stereocenters. The van der Waals surface area contributed by atoms with E-state index in [1.54, 1.807) is 0 Å². The van der Waals surface area contributed by atoms with E-state index in [2.05, 4.69) is 17.4 Å². The van der Waals surface area contributed by atoms with Gasteiger partial charge in [-0.25, -0.2) is 0 Å². The van der Waals surface area contributed by atoms with Crippen LogP contribution < -0.4 is 11.1 Å². The van der Waals surface area contributed by atoms with Crippen molar-refractivity contribution in [1.29, 1.82) is 0 Å². The Labute approximate surface area is 109 Å². The molecule has 1 aliphatic rings. The average molecular weight is 255 g/mol. The lowest BCUT2D eigenvalue weighted by Crippen LogP contribution is -2.48. The highest BCUT2D eigenvalue weighted by atomic mass is 16.4. The normalized spacial score (nSPS) is 27.0. The molecule has 0 heterocycles. The summed E-state index contributed by atoms with van der Waals surface area (Å²) in [4.78, 5) is 12.2. The maximum atomic E-state index is 12.2. The molecule has 0 bridgehead atoms. The summed E-state index contributed by atoms with van der Waals surface area (Å²) in [6.45, 7) is 5.96. The first-order chi connectivity index (χ1) is 8.47. The van der Waals surface area contributed by atoms with Crippen molar-refractivity contribution < 1.29 is 10.0 Å². The highest BCUT2D eigenvalue weighted by Gasteiger charge is 2.30. The lowest BCUT2D eigenvalue weighted by atomic mass is 9.85. The molecule has 1 rings (SSSR count). The lowest BCUT2D eigenvalue weighted by molar-refractivity contribution is -0.125. The zero-order valence-corrected chi connectivity index (χ0v) is 11.5. The number of hydrogen-bond donors (Lipinski definition) is 3. The molecule has 18 heavy (non-hydrogen) atoms. The third kappa shape index (κ3) is 3.62. The molecule has 1 aliphatic carbocycles. The van der Waals surface area contributed by atoms with Gasteiger partial charge < -0.3 is 16.3 Å². The van der Waals surface area contributed by atoms with Gasteiger partial charge in [-0.15, -0.1) is 0 Å². The number of oxime groups is 1. The van der Waals surface area contributed by atoms with Crippen LogP contribution in [0.1, 0.15) is 46.5 Å². The zero-order chi connectivity index (χ0) is 13.7. The number of nitrogens with one attached hydrogen (secondary N) is 1. The fraction of sp³-hybridized carbons (Fsp3) is 0.846. The number of hydrogen-bond acceptors (Lipinski definition) is 3. The standard InChI is InChI=1S/C13H25N3O2/c1-8(2)11(12(14)16-18)13(17)15-10-7-5-4-6-9(10)3/h8-11,18H,4-7H2,1-3H3,(H2,14,16)(H,15,17). The van der Waals surface area contributed by atoms with Gasteiger partial charge in [0.25, 0.3) is 0 Å². The molecule has 3 unspecified atom stereocenters. The molecular formula is C13H25N3O2. The quantitative estimate of drug-likeness (QED) is 0.309.